The number of nitrogens with zero attached hydrogens (tertiary/aromatic N) is 1. The zero-order valence-electron chi connectivity index (χ0n) is 11.9. The van der Waals surface area contributed by atoms with Crippen LogP contribution in [0.15, 0.2) is 0 Å². The van der Waals surface area contributed by atoms with E-state index in [2.05, 4.69) is 20.8 Å². The predicted octanol–water partition coefficient (Wildman–Crippen LogP) is 2.52. The van der Waals surface area contributed by atoms with Crippen molar-refractivity contribution >= 4 is 11.9 Å². The SMILES string of the molecule is CC1CCN(C(=O)CCC(C)(C)C)C(C(=O)O)C1. The minimum atomic E-state index is -0.870. The zero-order chi connectivity index (χ0) is 13.9. The first-order valence-corrected chi connectivity index (χ1v) is 6.73. The van der Waals surface area contributed by atoms with Crippen LogP contribution in [0, 0.1) is 11.3 Å². The maximum absolute atomic E-state index is 12.1. The van der Waals surface area contributed by atoms with Crippen molar-refractivity contribution in [3.63, 3.8) is 0 Å². The van der Waals surface area contributed by atoms with E-state index in [1.54, 1.807) is 4.90 Å². The molecule has 18 heavy (non-hydrogen) atoms. The fraction of sp³-hybridized carbons (Fsp3) is 0.857. The highest BCUT2D eigenvalue weighted by Gasteiger charge is 2.34. The number of carboxylic acids is 1. The average molecular weight is 255 g/mol. The summed E-state index contributed by atoms with van der Waals surface area (Å²) in [5, 5.41) is 9.21. The predicted molar refractivity (Wildman–Crippen MR) is 70.2 cm³/mol. The molecule has 0 aromatic carbocycles. The maximum atomic E-state index is 12.1. The maximum Gasteiger partial charge on any atom is 0.326 e. The third-order valence-electron chi connectivity index (χ3n) is 3.56. The number of carboxylic acid groups (broad SMARTS) is 1. The molecule has 0 bridgehead atoms. The Bertz CT molecular complexity index is 319. The second-order valence-electron chi connectivity index (χ2n) is 6.63. The smallest absolute Gasteiger partial charge is 0.326 e. The molecule has 1 saturated heterocycles. The molecular formula is C14H25NO3. The summed E-state index contributed by atoms with van der Waals surface area (Å²) in [5.41, 5.74) is 0.109. The Hall–Kier alpha value is -1.06. The van der Waals surface area contributed by atoms with Crippen molar-refractivity contribution in [1.29, 1.82) is 0 Å². The van der Waals surface area contributed by atoms with Gasteiger partial charge in [0.1, 0.15) is 6.04 Å². The van der Waals surface area contributed by atoms with E-state index in [0.717, 1.165) is 12.8 Å². The molecule has 1 fully saturated rings. The molecule has 4 nitrogen and oxygen atoms in total. The summed E-state index contributed by atoms with van der Waals surface area (Å²) < 4.78 is 0. The Balaban J connectivity index is 2.62. The van der Waals surface area contributed by atoms with Crippen molar-refractivity contribution in [2.75, 3.05) is 6.54 Å². The molecule has 4 heteroatoms. The van der Waals surface area contributed by atoms with Gasteiger partial charge in [0.2, 0.25) is 5.91 Å². The molecule has 1 aliphatic heterocycles. The average Bonchev–Trinajstić information content (AvgIpc) is 2.24. The van der Waals surface area contributed by atoms with Gasteiger partial charge in [0, 0.05) is 13.0 Å². The van der Waals surface area contributed by atoms with Crippen LogP contribution < -0.4 is 0 Å². The highest BCUT2D eigenvalue weighted by molar-refractivity contribution is 5.83. The van der Waals surface area contributed by atoms with Gasteiger partial charge in [-0.15, -0.1) is 0 Å². The second-order valence-corrected chi connectivity index (χ2v) is 6.63. The number of piperidine rings is 1. The van der Waals surface area contributed by atoms with Crippen molar-refractivity contribution in [3.8, 4) is 0 Å². The Kier molecular flexibility index (Phi) is 4.77. The van der Waals surface area contributed by atoms with E-state index in [1.807, 2.05) is 6.92 Å². The molecule has 0 aromatic heterocycles. The number of carbonyl (C=O) groups excluding carboxylic acids is 1. The topological polar surface area (TPSA) is 57.6 Å². The van der Waals surface area contributed by atoms with Crippen LogP contribution in [-0.4, -0.2) is 34.5 Å². The first kappa shape index (κ1) is 15.0. The highest BCUT2D eigenvalue weighted by atomic mass is 16.4. The Morgan fingerprint density at radius 3 is 2.44 bits per heavy atom. The monoisotopic (exact) mass is 255 g/mol. The van der Waals surface area contributed by atoms with E-state index in [1.165, 1.54) is 0 Å². The summed E-state index contributed by atoms with van der Waals surface area (Å²) in [7, 11) is 0. The Morgan fingerprint density at radius 1 is 1.33 bits per heavy atom. The fourth-order valence-electron chi connectivity index (χ4n) is 2.30. The summed E-state index contributed by atoms with van der Waals surface area (Å²) in [6.07, 6.45) is 2.73. The lowest BCUT2D eigenvalue weighted by atomic mass is 9.89. The lowest BCUT2D eigenvalue weighted by Gasteiger charge is -2.36. The van der Waals surface area contributed by atoms with E-state index in [0.29, 0.717) is 25.3 Å². The van der Waals surface area contributed by atoms with Gasteiger partial charge < -0.3 is 10.0 Å². The van der Waals surface area contributed by atoms with Crippen LogP contribution in [0.4, 0.5) is 0 Å². The molecular weight excluding hydrogens is 230 g/mol. The third kappa shape index (κ3) is 4.31. The lowest BCUT2D eigenvalue weighted by Crippen LogP contribution is -2.49. The van der Waals surface area contributed by atoms with Gasteiger partial charge in [0.05, 0.1) is 0 Å². The number of carbonyl (C=O) groups is 2. The molecule has 1 heterocycles. The Morgan fingerprint density at radius 2 is 1.94 bits per heavy atom. The molecule has 0 aliphatic carbocycles. The minimum Gasteiger partial charge on any atom is -0.480 e. The molecule has 0 aromatic rings. The van der Waals surface area contributed by atoms with Crippen LogP contribution in [0.2, 0.25) is 0 Å². The summed E-state index contributed by atoms with van der Waals surface area (Å²) in [6, 6.07) is -0.624. The first-order chi connectivity index (χ1) is 8.20. The Labute approximate surface area is 109 Å². The van der Waals surface area contributed by atoms with Gasteiger partial charge in [-0.05, 0) is 30.6 Å². The zero-order valence-corrected chi connectivity index (χ0v) is 11.9. The van der Waals surface area contributed by atoms with Crippen molar-refractivity contribution in [3.05, 3.63) is 0 Å². The van der Waals surface area contributed by atoms with Crippen molar-refractivity contribution in [1.82, 2.24) is 4.90 Å². The molecule has 2 atom stereocenters. The molecule has 0 spiro atoms. The van der Waals surface area contributed by atoms with Gasteiger partial charge in [-0.25, -0.2) is 4.79 Å². The van der Waals surface area contributed by atoms with Crippen LogP contribution in [0.1, 0.15) is 53.4 Å². The van der Waals surface area contributed by atoms with Gasteiger partial charge in [-0.3, -0.25) is 4.79 Å². The number of amides is 1. The standard InChI is InChI=1S/C14H25NO3/c1-10-6-8-15(11(9-10)13(17)18)12(16)5-7-14(2,3)4/h10-11H,5-9H2,1-4H3,(H,17,18). The number of rotatable bonds is 3. The molecule has 104 valence electrons. The van der Waals surface area contributed by atoms with Crippen LogP contribution in [0.25, 0.3) is 0 Å². The lowest BCUT2D eigenvalue weighted by molar-refractivity contribution is -0.153. The van der Waals surface area contributed by atoms with Crippen molar-refractivity contribution in [2.24, 2.45) is 11.3 Å². The third-order valence-corrected chi connectivity index (χ3v) is 3.56. The molecule has 1 aliphatic rings. The largest absolute Gasteiger partial charge is 0.480 e. The minimum absolute atomic E-state index is 0.00998. The van der Waals surface area contributed by atoms with Crippen LogP contribution in [0.5, 0.6) is 0 Å². The van der Waals surface area contributed by atoms with Crippen LogP contribution in [0.3, 0.4) is 0 Å². The summed E-state index contributed by atoms with van der Waals surface area (Å²) in [4.78, 5) is 24.9. The van der Waals surface area contributed by atoms with Gasteiger partial charge in [-0.1, -0.05) is 27.7 Å². The summed E-state index contributed by atoms with van der Waals surface area (Å²) in [6.45, 7) is 8.90. The van der Waals surface area contributed by atoms with Gasteiger partial charge in [0.25, 0.3) is 0 Å². The van der Waals surface area contributed by atoms with E-state index < -0.39 is 12.0 Å². The van der Waals surface area contributed by atoms with Crippen molar-refractivity contribution < 1.29 is 14.7 Å². The second kappa shape index (κ2) is 5.72. The fourth-order valence-corrected chi connectivity index (χ4v) is 2.30. The first-order valence-electron chi connectivity index (χ1n) is 6.73. The number of likely N-dealkylation sites (tertiary alicyclic amines) is 1. The van der Waals surface area contributed by atoms with Gasteiger partial charge in [0.15, 0.2) is 0 Å². The van der Waals surface area contributed by atoms with E-state index in [-0.39, 0.29) is 11.3 Å². The van der Waals surface area contributed by atoms with E-state index >= 15 is 0 Å². The number of hydrogen-bond donors (Lipinski definition) is 1. The van der Waals surface area contributed by atoms with Crippen LogP contribution >= 0.6 is 0 Å². The van der Waals surface area contributed by atoms with Crippen LogP contribution in [-0.2, 0) is 9.59 Å². The summed E-state index contributed by atoms with van der Waals surface area (Å²) in [5.74, 6) is -0.493. The normalized spacial score (nSPS) is 25.0. The quantitative estimate of drug-likeness (QED) is 0.843. The number of hydrogen-bond acceptors (Lipinski definition) is 2. The molecule has 0 saturated carbocycles. The molecule has 1 rings (SSSR count). The van der Waals surface area contributed by atoms with Gasteiger partial charge >= 0.3 is 5.97 Å². The number of aliphatic carboxylic acids is 1. The van der Waals surface area contributed by atoms with Crippen molar-refractivity contribution in [2.45, 2.75) is 59.4 Å². The molecule has 2 unspecified atom stereocenters. The van der Waals surface area contributed by atoms with E-state index in [9.17, 15) is 14.7 Å². The van der Waals surface area contributed by atoms with Gasteiger partial charge in [-0.2, -0.15) is 0 Å². The highest BCUT2D eigenvalue weighted by Crippen LogP contribution is 2.26. The molecule has 1 N–H and O–H groups in total. The molecule has 1 amide bonds. The summed E-state index contributed by atoms with van der Waals surface area (Å²) >= 11 is 0. The van der Waals surface area contributed by atoms with E-state index in [4.69, 9.17) is 0 Å². The molecule has 0 radical (unpaired) electrons.